The molecule has 3 aromatic rings. The standard InChI is InChI=1S/C22H25N3OS/c1-15-11-12-19(16(2)14-15)25-22-24-17(3)20(27-22)21(26)23-13-7-10-18-8-5-4-6-9-18/h4-6,8-9,11-12,14H,7,10,13H2,1-3H3,(H,23,26)(H,24,25). The number of carbonyl (C=O) groups is 1. The van der Waals surface area contributed by atoms with E-state index in [1.54, 1.807) is 0 Å². The maximum absolute atomic E-state index is 12.5. The number of carbonyl (C=O) groups excluding carboxylic acids is 1. The van der Waals surface area contributed by atoms with Gasteiger partial charge in [0.15, 0.2) is 5.13 Å². The third-order valence-electron chi connectivity index (χ3n) is 4.40. The minimum atomic E-state index is -0.0493. The van der Waals surface area contributed by atoms with Gasteiger partial charge in [0.1, 0.15) is 4.88 Å². The van der Waals surface area contributed by atoms with Gasteiger partial charge < -0.3 is 10.6 Å². The topological polar surface area (TPSA) is 54.0 Å². The van der Waals surface area contributed by atoms with Gasteiger partial charge in [-0.1, -0.05) is 59.4 Å². The van der Waals surface area contributed by atoms with E-state index >= 15 is 0 Å². The first-order chi connectivity index (χ1) is 13.0. The van der Waals surface area contributed by atoms with Crippen LogP contribution in [0, 0.1) is 20.8 Å². The van der Waals surface area contributed by atoms with Crippen LogP contribution in [0.3, 0.4) is 0 Å². The number of hydrogen-bond donors (Lipinski definition) is 2. The molecular formula is C22H25N3OS. The van der Waals surface area contributed by atoms with Gasteiger partial charge in [0.2, 0.25) is 0 Å². The number of aryl methyl sites for hydroxylation is 4. The van der Waals surface area contributed by atoms with Crippen molar-refractivity contribution in [3.63, 3.8) is 0 Å². The smallest absolute Gasteiger partial charge is 0.263 e. The number of nitrogens with zero attached hydrogens (tertiary/aromatic N) is 1. The van der Waals surface area contributed by atoms with Gasteiger partial charge in [-0.3, -0.25) is 4.79 Å². The maximum Gasteiger partial charge on any atom is 0.263 e. The van der Waals surface area contributed by atoms with E-state index < -0.39 is 0 Å². The Morgan fingerprint density at radius 3 is 2.59 bits per heavy atom. The summed E-state index contributed by atoms with van der Waals surface area (Å²) in [6.07, 6.45) is 1.88. The fourth-order valence-corrected chi connectivity index (χ4v) is 3.84. The van der Waals surface area contributed by atoms with Gasteiger partial charge in [0.25, 0.3) is 5.91 Å². The van der Waals surface area contributed by atoms with Crippen LogP contribution in [0.4, 0.5) is 10.8 Å². The quantitative estimate of drug-likeness (QED) is 0.557. The Morgan fingerprint density at radius 2 is 1.85 bits per heavy atom. The molecule has 0 unspecified atom stereocenters. The lowest BCUT2D eigenvalue weighted by Crippen LogP contribution is -2.24. The monoisotopic (exact) mass is 379 g/mol. The largest absolute Gasteiger partial charge is 0.351 e. The van der Waals surface area contributed by atoms with E-state index in [4.69, 9.17) is 0 Å². The van der Waals surface area contributed by atoms with Crippen molar-refractivity contribution in [1.29, 1.82) is 0 Å². The zero-order chi connectivity index (χ0) is 19.2. The average Bonchev–Trinajstić information content (AvgIpc) is 3.02. The minimum Gasteiger partial charge on any atom is -0.351 e. The normalized spacial score (nSPS) is 10.6. The molecule has 3 rings (SSSR count). The summed E-state index contributed by atoms with van der Waals surface area (Å²) >= 11 is 1.40. The van der Waals surface area contributed by atoms with E-state index in [0.29, 0.717) is 11.4 Å². The fraction of sp³-hybridized carbons (Fsp3) is 0.273. The molecule has 1 aromatic heterocycles. The predicted octanol–water partition coefficient (Wildman–Crippen LogP) is 5.17. The highest BCUT2D eigenvalue weighted by Gasteiger charge is 2.15. The van der Waals surface area contributed by atoms with Crippen LogP contribution in [0.5, 0.6) is 0 Å². The van der Waals surface area contributed by atoms with Gasteiger partial charge in [0, 0.05) is 12.2 Å². The van der Waals surface area contributed by atoms with Crippen molar-refractivity contribution in [1.82, 2.24) is 10.3 Å². The number of nitrogens with one attached hydrogen (secondary N) is 2. The summed E-state index contributed by atoms with van der Waals surface area (Å²) in [5.74, 6) is -0.0493. The summed E-state index contributed by atoms with van der Waals surface area (Å²) in [6, 6.07) is 16.6. The molecule has 0 aliphatic heterocycles. The zero-order valence-electron chi connectivity index (χ0n) is 16.0. The molecule has 0 saturated carbocycles. The summed E-state index contributed by atoms with van der Waals surface area (Å²) < 4.78 is 0. The molecule has 0 spiro atoms. The van der Waals surface area contributed by atoms with E-state index in [1.165, 1.54) is 22.5 Å². The number of amides is 1. The highest BCUT2D eigenvalue weighted by Crippen LogP contribution is 2.27. The Morgan fingerprint density at radius 1 is 1.07 bits per heavy atom. The molecule has 1 heterocycles. The minimum absolute atomic E-state index is 0.0493. The van der Waals surface area contributed by atoms with Crippen molar-refractivity contribution < 1.29 is 4.79 Å². The molecule has 0 radical (unpaired) electrons. The van der Waals surface area contributed by atoms with Crippen LogP contribution in [0.2, 0.25) is 0 Å². The van der Waals surface area contributed by atoms with Crippen LogP contribution in [0.1, 0.15) is 38.5 Å². The molecule has 4 nitrogen and oxygen atoms in total. The van der Waals surface area contributed by atoms with Gasteiger partial charge in [-0.05, 0) is 50.8 Å². The summed E-state index contributed by atoms with van der Waals surface area (Å²) in [6.45, 7) is 6.67. The first kappa shape index (κ1) is 19.1. The third-order valence-corrected chi connectivity index (χ3v) is 5.47. The molecule has 0 atom stereocenters. The zero-order valence-corrected chi connectivity index (χ0v) is 16.8. The number of thiazole rings is 1. The number of rotatable bonds is 7. The molecule has 140 valence electrons. The van der Waals surface area contributed by atoms with Crippen molar-refractivity contribution in [3.8, 4) is 0 Å². The van der Waals surface area contributed by atoms with Crippen LogP contribution in [0.25, 0.3) is 0 Å². The van der Waals surface area contributed by atoms with Gasteiger partial charge >= 0.3 is 0 Å². The Hall–Kier alpha value is -2.66. The lowest BCUT2D eigenvalue weighted by Gasteiger charge is -2.07. The van der Waals surface area contributed by atoms with Crippen LogP contribution >= 0.6 is 11.3 Å². The number of aromatic nitrogens is 1. The third kappa shape index (κ3) is 5.17. The lowest BCUT2D eigenvalue weighted by atomic mass is 10.1. The summed E-state index contributed by atoms with van der Waals surface area (Å²) in [7, 11) is 0. The first-order valence-corrected chi connectivity index (χ1v) is 9.98. The van der Waals surface area contributed by atoms with E-state index in [9.17, 15) is 4.79 Å². The molecule has 0 bridgehead atoms. The van der Waals surface area contributed by atoms with Crippen molar-refractivity contribution in [2.45, 2.75) is 33.6 Å². The molecule has 0 aliphatic carbocycles. The Kier molecular flexibility index (Phi) is 6.24. The summed E-state index contributed by atoms with van der Waals surface area (Å²) in [5.41, 5.74) is 5.45. The maximum atomic E-state index is 12.5. The molecule has 5 heteroatoms. The van der Waals surface area contributed by atoms with Crippen LogP contribution < -0.4 is 10.6 Å². The SMILES string of the molecule is Cc1ccc(Nc2nc(C)c(C(=O)NCCCc3ccccc3)s2)c(C)c1. The number of anilines is 2. The van der Waals surface area contributed by atoms with Crippen molar-refractivity contribution >= 4 is 28.1 Å². The van der Waals surface area contributed by atoms with E-state index in [0.717, 1.165) is 34.9 Å². The average molecular weight is 380 g/mol. The number of hydrogen-bond acceptors (Lipinski definition) is 4. The van der Waals surface area contributed by atoms with Gasteiger partial charge in [-0.15, -0.1) is 0 Å². The molecule has 27 heavy (non-hydrogen) atoms. The molecule has 0 aliphatic rings. The Bertz CT molecular complexity index is 919. The second-order valence-corrected chi connectivity index (χ2v) is 7.72. The van der Waals surface area contributed by atoms with Crippen molar-refractivity contribution in [2.24, 2.45) is 0 Å². The summed E-state index contributed by atoms with van der Waals surface area (Å²) in [4.78, 5) is 17.7. The van der Waals surface area contributed by atoms with Crippen LogP contribution in [0.15, 0.2) is 48.5 Å². The van der Waals surface area contributed by atoms with Crippen LogP contribution in [-0.4, -0.2) is 17.4 Å². The lowest BCUT2D eigenvalue weighted by molar-refractivity contribution is 0.0956. The molecule has 2 aromatic carbocycles. The van der Waals surface area contributed by atoms with Gasteiger partial charge in [-0.2, -0.15) is 0 Å². The second-order valence-electron chi connectivity index (χ2n) is 6.72. The Labute approximate surface area is 164 Å². The molecule has 2 N–H and O–H groups in total. The molecule has 0 saturated heterocycles. The van der Waals surface area contributed by atoms with Crippen LogP contribution in [-0.2, 0) is 6.42 Å². The molecule has 0 fully saturated rings. The Balaban J connectivity index is 1.56. The second kappa shape index (κ2) is 8.82. The van der Waals surface area contributed by atoms with E-state index in [1.807, 2.05) is 31.2 Å². The van der Waals surface area contributed by atoms with Gasteiger partial charge in [-0.25, -0.2) is 4.98 Å². The molecule has 1 amide bonds. The van der Waals surface area contributed by atoms with Gasteiger partial charge in [0.05, 0.1) is 5.69 Å². The first-order valence-electron chi connectivity index (χ1n) is 9.17. The predicted molar refractivity (Wildman–Crippen MR) is 113 cm³/mol. The molecular weight excluding hydrogens is 354 g/mol. The number of benzene rings is 2. The highest BCUT2D eigenvalue weighted by molar-refractivity contribution is 7.17. The highest BCUT2D eigenvalue weighted by atomic mass is 32.1. The summed E-state index contributed by atoms with van der Waals surface area (Å²) in [5, 5.41) is 7.09. The van der Waals surface area contributed by atoms with E-state index in [-0.39, 0.29) is 5.91 Å². The van der Waals surface area contributed by atoms with Crippen molar-refractivity contribution in [2.75, 3.05) is 11.9 Å². The van der Waals surface area contributed by atoms with Crippen molar-refractivity contribution in [3.05, 3.63) is 75.8 Å². The van der Waals surface area contributed by atoms with E-state index in [2.05, 4.69) is 53.7 Å². The fourth-order valence-electron chi connectivity index (χ4n) is 2.95.